The van der Waals surface area contributed by atoms with Gasteiger partial charge in [0.25, 0.3) is 0 Å². The van der Waals surface area contributed by atoms with Gasteiger partial charge in [-0.25, -0.2) is 0 Å². The van der Waals surface area contributed by atoms with E-state index in [9.17, 15) is 14.7 Å². The summed E-state index contributed by atoms with van der Waals surface area (Å²) in [6.07, 6.45) is 9.66. The van der Waals surface area contributed by atoms with Gasteiger partial charge in [0.05, 0.1) is 5.92 Å². The highest BCUT2D eigenvalue weighted by molar-refractivity contribution is 5.80. The second kappa shape index (κ2) is 5.54. The van der Waals surface area contributed by atoms with Gasteiger partial charge in [-0.1, -0.05) is 6.42 Å². The van der Waals surface area contributed by atoms with Crippen molar-refractivity contribution < 1.29 is 14.7 Å². The quantitative estimate of drug-likeness (QED) is 0.842. The third kappa shape index (κ3) is 2.55. The van der Waals surface area contributed by atoms with Gasteiger partial charge < -0.3 is 10.4 Å². The Balaban J connectivity index is 1.39. The average Bonchev–Trinajstić information content (AvgIpc) is 2.50. The Kier molecular flexibility index (Phi) is 3.66. The summed E-state index contributed by atoms with van der Waals surface area (Å²) in [5.74, 6) is 2.24. The fraction of sp³-hybridized carbons (Fsp3) is 0.889. The van der Waals surface area contributed by atoms with Crippen molar-refractivity contribution in [3.63, 3.8) is 0 Å². The van der Waals surface area contributed by atoms with Crippen molar-refractivity contribution in [3.8, 4) is 0 Å². The molecule has 5 aliphatic rings. The zero-order valence-corrected chi connectivity index (χ0v) is 13.2. The molecule has 22 heavy (non-hydrogen) atoms. The third-order valence-corrected chi connectivity index (χ3v) is 6.93. The molecule has 0 saturated heterocycles. The van der Waals surface area contributed by atoms with Gasteiger partial charge in [-0.2, -0.15) is 0 Å². The Labute approximate surface area is 132 Å². The number of hydrogen-bond acceptors (Lipinski definition) is 2. The van der Waals surface area contributed by atoms with Crippen LogP contribution >= 0.6 is 0 Å². The lowest BCUT2D eigenvalue weighted by Gasteiger charge is -2.54. The lowest BCUT2D eigenvalue weighted by molar-refractivity contribution is -0.144. The summed E-state index contributed by atoms with van der Waals surface area (Å²) in [5.41, 5.74) is 0. The van der Waals surface area contributed by atoms with Gasteiger partial charge in [0.2, 0.25) is 5.91 Å². The number of carboxylic acids is 1. The summed E-state index contributed by atoms with van der Waals surface area (Å²) in [6.45, 7) is 0. The van der Waals surface area contributed by atoms with Crippen LogP contribution in [0, 0.1) is 35.5 Å². The molecule has 5 aliphatic carbocycles. The van der Waals surface area contributed by atoms with E-state index in [0.29, 0.717) is 24.3 Å². The minimum atomic E-state index is -0.730. The minimum absolute atomic E-state index is 0.0768. The predicted octanol–water partition coefficient (Wildman–Crippen LogP) is 2.82. The molecular formula is C18H27NO3. The molecule has 0 aliphatic heterocycles. The van der Waals surface area contributed by atoms with E-state index >= 15 is 0 Å². The summed E-state index contributed by atoms with van der Waals surface area (Å²) < 4.78 is 0. The molecule has 4 heteroatoms. The number of carbonyl (C=O) groups is 2. The van der Waals surface area contributed by atoms with E-state index in [0.717, 1.165) is 31.1 Å². The van der Waals surface area contributed by atoms with Gasteiger partial charge in [-0.3, -0.25) is 9.59 Å². The van der Waals surface area contributed by atoms with Crippen LogP contribution in [0.4, 0.5) is 0 Å². The molecule has 0 radical (unpaired) electrons. The van der Waals surface area contributed by atoms with Crippen LogP contribution in [-0.4, -0.2) is 23.0 Å². The van der Waals surface area contributed by atoms with E-state index in [4.69, 9.17) is 0 Å². The zero-order valence-electron chi connectivity index (χ0n) is 13.2. The first kappa shape index (κ1) is 14.5. The van der Waals surface area contributed by atoms with E-state index in [-0.39, 0.29) is 17.7 Å². The predicted molar refractivity (Wildman–Crippen MR) is 82.1 cm³/mol. The van der Waals surface area contributed by atoms with E-state index in [2.05, 4.69) is 5.32 Å². The summed E-state index contributed by atoms with van der Waals surface area (Å²) in [6, 6.07) is 0.380. The number of aliphatic carboxylic acids is 1. The number of rotatable bonds is 3. The molecule has 2 unspecified atom stereocenters. The molecule has 4 bridgehead atoms. The SMILES string of the molecule is O=C(O)C1CCCC(C(=O)NC2C3CC4CC(C3)CC2C4)C1. The van der Waals surface area contributed by atoms with Gasteiger partial charge in [0, 0.05) is 12.0 Å². The molecule has 0 heterocycles. The molecule has 5 fully saturated rings. The molecule has 2 atom stereocenters. The van der Waals surface area contributed by atoms with E-state index in [1.165, 1.54) is 32.1 Å². The number of carboxylic acid groups (broad SMARTS) is 1. The molecule has 0 spiro atoms. The van der Waals surface area contributed by atoms with Crippen molar-refractivity contribution in [2.75, 3.05) is 0 Å². The van der Waals surface area contributed by atoms with Gasteiger partial charge in [-0.05, 0) is 75.0 Å². The molecule has 0 aromatic carbocycles. The van der Waals surface area contributed by atoms with Crippen LogP contribution in [0.5, 0.6) is 0 Å². The number of amides is 1. The second-order valence-corrected chi connectivity index (χ2v) is 8.36. The first-order valence-corrected chi connectivity index (χ1v) is 9.13. The van der Waals surface area contributed by atoms with Crippen LogP contribution in [0.3, 0.4) is 0 Å². The van der Waals surface area contributed by atoms with E-state index in [1.807, 2.05) is 0 Å². The topological polar surface area (TPSA) is 66.4 Å². The molecule has 5 saturated carbocycles. The number of carbonyl (C=O) groups excluding carboxylic acids is 1. The molecule has 1 amide bonds. The molecule has 4 nitrogen and oxygen atoms in total. The van der Waals surface area contributed by atoms with Gasteiger partial charge in [0.1, 0.15) is 0 Å². The van der Waals surface area contributed by atoms with Crippen molar-refractivity contribution in [1.82, 2.24) is 5.32 Å². The summed E-state index contributed by atoms with van der Waals surface area (Å²) in [4.78, 5) is 23.8. The molecule has 5 rings (SSSR count). The fourth-order valence-corrected chi connectivity index (χ4v) is 6.10. The van der Waals surface area contributed by atoms with Crippen LogP contribution in [0.1, 0.15) is 57.8 Å². The second-order valence-electron chi connectivity index (χ2n) is 8.36. The monoisotopic (exact) mass is 305 g/mol. The molecular weight excluding hydrogens is 278 g/mol. The highest BCUT2D eigenvalue weighted by Gasteiger charge is 2.49. The smallest absolute Gasteiger partial charge is 0.306 e. The zero-order chi connectivity index (χ0) is 15.3. The van der Waals surface area contributed by atoms with Gasteiger partial charge >= 0.3 is 5.97 Å². The van der Waals surface area contributed by atoms with Crippen molar-refractivity contribution in [2.45, 2.75) is 63.8 Å². The Morgan fingerprint density at radius 3 is 2.00 bits per heavy atom. The van der Waals surface area contributed by atoms with E-state index < -0.39 is 5.97 Å². The van der Waals surface area contributed by atoms with Crippen LogP contribution in [-0.2, 0) is 9.59 Å². The van der Waals surface area contributed by atoms with E-state index in [1.54, 1.807) is 0 Å². The average molecular weight is 305 g/mol. The number of hydrogen-bond donors (Lipinski definition) is 2. The largest absolute Gasteiger partial charge is 0.481 e. The normalized spacial score (nSPS) is 46.5. The van der Waals surface area contributed by atoms with Crippen molar-refractivity contribution >= 4 is 11.9 Å². The third-order valence-electron chi connectivity index (χ3n) is 6.93. The Hall–Kier alpha value is -1.06. The molecule has 0 aromatic rings. The maximum atomic E-state index is 12.7. The van der Waals surface area contributed by atoms with Crippen LogP contribution < -0.4 is 5.32 Å². The summed E-state index contributed by atoms with van der Waals surface area (Å²) >= 11 is 0. The van der Waals surface area contributed by atoms with Crippen molar-refractivity contribution in [1.29, 1.82) is 0 Å². The molecule has 0 aromatic heterocycles. The number of nitrogens with one attached hydrogen (secondary N) is 1. The van der Waals surface area contributed by atoms with Gasteiger partial charge in [0.15, 0.2) is 0 Å². The summed E-state index contributed by atoms with van der Waals surface area (Å²) in [7, 11) is 0. The summed E-state index contributed by atoms with van der Waals surface area (Å²) in [5, 5.41) is 12.6. The highest BCUT2D eigenvalue weighted by Crippen LogP contribution is 2.53. The van der Waals surface area contributed by atoms with Crippen molar-refractivity contribution in [2.24, 2.45) is 35.5 Å². The molecule has 2 N–H and O–H groups in total. The van der Waals surface area contributed by atoms with Crippen LogP contribution in [0.25, 0.3) is 0 Å². The van der Waals surface area contributed by atoms with Crippen LogP contribution in [0.2, 0.25) is 0 Å². The highest BCUT2D eigenvalue weighted by atomic mass is 16.4. The van der Waals surface area contributed by atoms with Crippen molar-refractivity contribution in [3.05, 3.63) is 0 Å². The minimum Gasteiger partial charge on any atom is -0.481 e. The van der Waals surface area contributed by atoms with Gasteiger partial charge in [-0.15, -0.1) is 0 Å². The first-order valence-electron chi connectivity index (χ1n) is 9.13. The Morgan fingerprint density at radius 1 is 0.818 bits per heavy atom. The maximum absolute atomic E-state index is 12.7. The van der Waals surface area contributed by atoms with Crippen LogP contribution in [0.15, 0.2) is 0 Å². The molecule has 122 valence electrons. The Morgan fingerprint density at radius 2 is 1.41 bits per heavy atom. The maximum Gasteiger partial charge on any atom is 0.306 e. The lowest BCUT2D eigenvalue weighted by atomic mass is 9.54. The lowest BCUT2D eigenvalue weighted by Crippen LogP contribution is -2.56. The Bertz CT molecular complexity index is 447. The fourth-order valence-electron chi connectivity index (χ4n) is 6.10. The first-order chi connectivity index (χ1) is 10.6. The standard InChI is InChI=1S/C18H27NO3/c20-17(12-2-1-3-13(9-12)18(21)22)19-16-14-5-10-4-11(7-14)8-15(16)6-10/h10-16H,1-9H2,(H,19,20)(H,21,22).